The zero-order valence-corrected chi connectivity index (χ0v) is 20.8. The summed E-state index contributed by atoms with van der Waals surface area (Å²) in [5.41, 5.74) is 1.59. The molecule has 1 atom stereocenters. The van der Waals surface area contributed by atoms with Crippen LogP contribution in [0.2, 0.25) is 5.02 Å². The maximum absolute atomic E-state index is 12.6. The number of para-hydroxylation sites is 3. The molecule has 0 radical (unpaired) electrons. The van der Waals surface area contributed by atoms with Gasteiger partial charge in [-0.1, -0.05) is 65.8 Å². The van der Waals surface area contributed by atoms with Crippen LogP contribution in [0.25, 0.3) is 5.69 Å². The first kappa shape index (κ1) is 23.4. The number of rotatable bonds is 8. The van der Waals surface area contributed by atoms with E-state index in [0.717, 1.165) is 15.8 Å². The molecular weight excluding hydrogens is 524 g/mol. The number of nitrogens with one attached hydrogen (secondary N) is 1. The van der Waals surface area contributed by atoms with Gasteiger partial charge in [-0.05, 0) is 59.3 Å². The summed E-state index contributed by atoms with van der Waals surface area (Å²) in [7, 11) is 0. The van der Waals surface area contributed by atoms with E-state index >= 15 is 0 Å². The van der Waals surface area contributed by atoms with Crippen LogP contribution in [0, 0.1) is 0 Å². The van der Waals surface area contributed by atoms with Crippen LogP contribution in [0.15, 0.2) is 88.5 Å². The summed E-state index contributed by atoms with van der Waals surface area (Å²) in [6.07, 6.45) is -0.430. The molecule has 1 heterocycles. The second-order valence-corrected chi connectivity index (χ2v) is 9.22. The van der Waals surface area contributed by atoms with Crippen molar-refractivity contribution in [3.8, 4) is 11.4 Å². The molecule has 0 aliphatic rings. The van der Waals surface area contributed by atoms with Gasteiger partial charge in [0.1, 0.15) is 5.75 Å². The van der Waals surface area contributed by atoms with Crippen molar-refractivity contribution in [3.63, 3.8) is 0 Å². The number of carbonyl (C=O) groups excluding carboxylic acids is 1. The molecule has 9 heteroatoms. The van der Waals surface area contributed by atoms with Crippen molar-refractivity contribution < 1.29 is 9.53 Å². The van der Waals surface area contributed by atoms with Crippen molar-refractivity contribution in [3.05, 3.63) is 94.2 Å². The fourth-order valence-corrected chi connectivity index (χ4v) is 4.44. The van der Waals surface area contributed by atoms with E-state index in [1.54, 1.807) is 6.07 Å². The average molecular weight is 544 g/mol. The highest BCUT2D eigenvalue weighted by Gasteiger charge is 2.22. The average Bonchev–Trinajstić information content (AvgIpc) is 3.25. The molecule has 4 rings (SSSR count). The molecule has 4 aromatic rings. The van der Waals surface area contributed by atoms with Gasteiger partial charge in [0.15, 0.2) is 17.1 Å². The van der Waals surface area contributed by atoms with Crippen LogP contribution in [0.3, 0.4) is 0 Å². The molecule has 0 spiro atoms. The Morgan fingerprint density at radius 2 is 1.76 bits per heavy atom. The van der Waals surface area contributed by atoms with Crippen molar-refractivity contribution >= 4 is 50.9 Å². The highest BCUT2D eigenvalue weighted by molar-refractivity contribution is 9.10. The summed E-state index contributed by atoms with van der Waals surface area (Å²) in [4.78, 5) is 12.6. The summed E-state index contributed by atoms with van der Waals surface area (Å²) in [6, 6.07) is 24.5. The number of ether oxygens (including phenoxy) is 1. The van der Waals surface area contributed by atoms with Gasteiger partial charge in [-0.15, -0.1) is 10.2 Å². The molecule has 0 fully saturated rings. The molecule has 0 saturated heterocycles. The van der Waals surface area contributed by atoms with E-state index in [-0.39, 0.29) is 11.7 Å². The fraction of sp³-hybridized carbons (Fsp3) is 0.125. The number of anilines is 1. The standard InChI is InChI=1S/C24H20BrClN4O2S/c1-16(32-21-14-8-6-12-19(21)26)23-28-29-24(30(23)17-9-3-2-4-10-17)33-15-22(31)27-20-13-7-5-11-18(20)25/h2-14,16H,15H2,1H3,(H,27,31). The van der Waals surface area contributed by atoms with Crippen LogP contribution < -0.4 is 10.1 Å². The Hall–Kier alpha value is -2.81. The number of nitrogens with zero attached hydrogens (tertiary/aromatic N) is 3. The zero-order valence-electron chi connectivity index (χ0n) is 17.6. The molecule has 3 aromatic carbocycles. The lowest BCUT2D eigenvalue weighted by atomic mass is 10.3. The van der Waals surface area contributed by atoms with Crippen molar-refractivity contribution in [1.82, 2.24) is 14.8 Å². The Bertz CT molecular complexity index is 1250. The molecule has 168 valence electrons. The van der Waals surface area contributed by atoms with Gasteiger partial charge in [-0.3, -0.25) is 9.36 Å². The van der Waals surface area contributed by atoms with E-state index in [0.29, 0.717) is 21.8 Å². The quantitative estimate of drug-likeness (QED) is 0.255. The van der Waals surface area contributed by atoms with Gasteiger partial charge in [0, 0.05) is 10.2 Å². The number of carbonyl (C=O) groups is 1. The lowest BCUT2D eigenvalue weighted by Crippen LogP contribution is -2.15. The topological polar surface area (TPSA) is 69.0 Å². The van der Waals surface area contributed by atoms with E-state index in [1.165, 1.54) is 11.8 Å². The molecule has 0 bridgehead atoms. The molecule has 1 amide bonds. The Morgan fingerprint density at radius 1 is 1.06 bits per heavy atom. The van der Waals surface area contributed by atoms with E-state index in [1.807, 2.05) is 84.3 Å². The molecule has 0 aliphatic heterocycles. The maximum Gasteiger partial charge on any atom is 0.234 e. The molecule has 6 nitrogen and oxygen atoms in total. The van der Waals surface area contributed by atoms with Gasteiger partial charge in [-0.2, -0.15) is 0 Å². The van der Waals surface area contributed by atoms with Crippen molar-refractivity contribution in [2.75, 3.05) is 11.1 Å². The van der Waals surface area contributed by atoms with E-state index < -0.39 is 6.10 Å². The normalized spacial score (nSPS) is 11.7. The van der Waals surface area contributed by atoms with Crippen molar-refractivity contribution in [2.24, 2.45) is 0 Å². The number of thioether (sulfide) groups is 1. The number of halogens is 2. The van der Waals surface area contributed by atoms with Gasteiger partial charge >= 0.3 is 0 Å². The number of amides is 1. The van der Waals surface area contributed by atoms with E-state index in [4.69, 9.17) is 16.3 Å². The molecule has 1 N–H and O–H groups in total. The SMILES string of the molecule is CC(Oc1ccccc1Cl)c1nnc(SCC(=O)Nc2ccccc2Br)n1-c1ccccc1. The Morgan fingerprint density at radius 3 is 2.52 bits per heavy atom. The molecule has 1 unspecified atom stereocenters. The first-order valence-electron chi connectivity index (χ1n) is 10.1. The molecule has 0 aliphatic carbocycles. The van der Waals surface area contributed by atoms with Crippen LogP contribution in [-0.4, -0.2) is 26.4 Å². The number of hydrogen-bond donors (Lipinski definition) is 1. The van der Waals surface area contributed by atoms with E-state index in [2.05, 4.69) is 31.4 Å². The Kier molecular flexibility index (Phi) is 7.69. The smallest absolute Gasteiger partial charge is 0.234 e. The second kappa shape index (κ2) is 10.9. The largest absolute Gasteiger partial charge is 0.481 e. The highest BCUT2D eigenvalue weighted by Crippen LogP contribution is 2.31. The fourth-order valence-electron chi connectivity index (χ4n) is 3.12. The minimum atomic E-state index is -0.430. The lowest BCUT2D eigenvalue weighted by molar-refractivity contribution is -0.113. The summed E-state index contributed by atoms with van der Waals surface area (Å²) in [6.45, 7) is 1.89. The van der Waals surface area contributed by atoms with Crippen LogP contribution >= 0.6 is 39.3 Å². The predicted molar refractivity (Wildman–Crippen MR) is 135 cm³/mol. The third kappa shape index (κ3) is 5.76. The summed E-state index contributed by atoms with van der Waals surface area (Å²) >= 11 is 11.0. The molecule has 0 saturated carbocycles. The summed E-state index contributed by atoms with van der Waals surface area (Å²) in [5, 5.41) is 12.7. The maximum atomic E-state index is 12.6. The Balaban J connectivity index is 1.56. The minimum absolute atomic E-state index is 0.142. The minimum Gasteiger partial charge on any atom is -0.481 e. The Labute approximate surface area is 209 Å². The third-order valence-corrected chi connectivity index (χ3v) is 6.59. The van der Waals surface area contributed by atoms with Crippen LogP contribution in [-0.2, 0) is 4.79 Å². The van der Waals surface area contributed by atoms with Gasteiger partial charge in [0.05, 0.1) is 16.5 Å². The van der Waals surface area contributed by atoms with Crippen LogP contribution in [0.4, 0.5) is 5.69 Å². The van der Waals surface area contributed by atoms with Gasteiger partial charge < -0.3 is 10.1 Å². The van der Waals surface area contributed by atoms with Gasteiger partial charge in [0.2, 0.25) is 5.91 Å². The second-order valence-electron chi connectivity index (χ2n) is 7.02. The number of hydrogen-bond acceptors (Lipinski definition) is 5. The van der Waals surface area contributed by atoms with Crippen molar-refractivity contribution in [1.29, 1.82) is 0 Å². The van der Waals surface area contributed by atoms with Crippen LogP contribution in [0.1, 0.15) is 18.9 Å². The first-order valence-corrected chi connectivity index (χ1v) is 12.3. The van der Waals surface area contributed by atoms with Crippen molar-refractivity contribution in [2.45, 2.75) is 18.2 Å². The molecular formula is C24H20BrClN4O2S. The summed E-state index contributed by atoms with van der Waals surface area (Å²) in [5.74, 6) is 1.20. The monoisotopic (exact) mass is 542 g/mol. The third-order valence-electron chi connectivity index (χ3n) is 4.66. The zero-order chi connectivity index (χ0) is 23.2. The van der Waals surface area contributed by atoms with E-state index in [9.17, 15) is 4.79 Å². The highest BCUT2D eigenvalue weighted by atomic mass is 79.9. The van der Waals surface area contributed by atoms with Gasteiger partial charge in [-0.25, -0.2) is 0 Å². The summed E-state index contributed by atoms with van der Waals surface area (Å²) < 4.78 is 8.80. The molecule has 1 aromatic heterocycles. The molecule has 33 heavy (non-hydrogen) atoms. The predicted octanol–water partition coefficient (Wildman–Crippen LogP) is 6.55. The number of aromatic nitrogens is 3. The number of benzene rings is 3. The van der Waals surface area contributed by atoms with Gasteiger partial charge in [0.25, 0.3) is 0 Å². The van der Waals surface area contributed by atoms with Crippen LogP contribution in [0.5, 0.6) is 5.75 Å². The lowest BCUT2D eigenvalue weighted by Gasteiger charge is -2.17. The first-order chi connectivity index (χ1) is 16.0.